The molecule has 2 fully saturated rings. The van der Waals surface area contributed by atoms with Crippen LogP contribution in [0.5, 0.6) is 0 Å². The van der Waals surface area contributed by atoms with E-state index < -0.39 is 7.92 Å². The third-order valence-corrected chi connectivity index (χ3v) is 9.08. The fourth-order valence-corrected chi connectivity index (χ4v) is 7.18. The molecule has 0 atom stereocenters. The summed E-state index contributed by atoms with van der Waals surface area (Å²) >= 11 is 0. The second-order valence-electron chi connectivity index (χ2n) is 8.66. The van der Waals surface area contributed by atoms with E-state index in [1.54, 1.807) is 0 Å². The summed E-state index contributed by atoms with van der Waals surface area (Å²) in [5.74, 6) is 0.760. The molecule has 1 aliphatic carbocycles. The Kier molecular flexibility index (Phi) is 6.00. The number of hydrogen-bond acceptors (Lipinski definition) is 2. The Morgan fingerprint density at radius 1 is 0.700 bits per heavy atom. The molecule has 0 aromatic heterocycles. The Labute approximate surface area is 180 Å². The average Bonchev–Trinajstić information content (AvgIpc) is 3.26. The van der Waals surface area contributed by atoms with E-state index in [0.29, 0.717) is 0 Å². The van der Waals surface area contributed by atoms with Gasteiger partial charge in [0.05, 0.1) is 6.61 Å². The minimum absolute atomic E-state index is 0.0293. The Hall–Kier alpha value is -1.99. The summed E-state index contributed by atoms with van der Waals surface area (Å²) in [4.78, 5) is 10.8. The van der Waals surface area contributed by atoms with Gasteiger partial charge in [0, 0.05) is 6.42 Å². The minimum atomic E-state index is -0.519. The van der Waals surface area contributed by atoms with Gasteiger partial charge in [-0.1, -0.05) is 84.9 Å². The fraction of sp³-hybridized carbons (Fsp3) is 0.333. The van der Waals surface area contributed by atoms with Crippen molar-refractivity contribution in [3.63, 3.8) is 0 Å². The maximum absolute atomic E-state index is 5.61. The Balaban J connectivity index is 1.31. The van der Waals surface area contributed by atoms with Crippen molar-refractivity contribution in [1.82, 2.24) is 0 Å². The Morgan fingerprint density at radius 2 is 1.27 bits per heavy atom. The van der Waals surface area contributed by atoms with Crippen LogP contribution in [0, 0.1) is 5.92 Å². The molecule has 2 nitrogen and oxygen atoms in total. The lowest BCUT2D eigenvalue weighted by atomic mass is 9.75. The van der Waals surface area contributed by atoms with Crippen LogP contribution in [0.15, 0.2) is 84.9 Å². The molecule has 3 aromatic carbocycles. The molecule has 30 heavy (non-hydrogen) atoms. The van der Waals surface area contributed by atoms with Gasteiger partial charge in [-0.05, 0) is 67.4 Å². The summed E-state index contributed by atoms with van der Waals surface area (Å²) in [7, 11) is -0.519. The van der Waals surface area contributed by atoms with Crippen LogP contribution in [-0.2, 0) is 16.2 Å². The lowest BCUT2D eigenvalue weighted by Gasteiger charge is -2.34. The van der Waals surface area contributed by atoms with Crippen molar-refractivity contribution in [3.8, 4) is 0 Å². The monoisotopic (exact) mass is 416 g/mol. The fourth-order valence-electron chi connectivity index (χ4n) is 4.89. The Morgan fingerprint density at radius 3 is 1.80 bits per heavy atom. The van der Waals surface area contributed by atoms with Crippen LogP contribution in [0.2, 0.25) is 0 Å². The summed E-state index contributed by atoms with van der Waals surface area (Å²) in [6.45, 7) is 0.762. The van der Waals surface area contributed by atoms with Crippen LogP contribution < -0.4 is 15.9 Å². The number of benzene rings is 3. The first-order valence-corrected chi connectivity index (χ1v) is 12.5. The molecule has 1 saturated heterocycles. The van der Waals surface area contributed by atoms with Crippen LogP contribution in [0.3, 0.4) is 0 Å². The Bertz CT molecular complexity index is 884. The van der Waals surface area contributed by atoms with Gasteiger partial charge in [-0.25, -0.2) is 9.78 Å². The zero-order valence-electron chi connectivity index (χ0n) is 17.4. The highest BCUT2D eigenvalue weighted by Crippen LogP contribution is 2.41. The number of hydrogen-bond donors (Lipinski definition) is 0. The van der Waals surface area contributed by atoms with Crippen LogP contribution in [-0.4, -0.2) is 12.2 Å². The summed E-state index contributed by atoms with van der Waals surface area (Å²) in [5, 5.41) is 4.23. The second kappa shape index (κ2) is 9.02. The maximum Gasteiger partial charge on any atom is 0.106 e. The van der Waals surface area contributed by atoms with Gasteiger partial charge in [0.15, 0.2) is 0 Å². The van der Waals surface area contributed by atoms with Gasteiger partial charge >= 0.3 is 0 Å². The van der Waals surface area contributed by atoms with Crippen LogP contribution in [0.1, 0.15) is 37.7 Å². The third-order valence-electron chi connectivity index (χ3n) is 6.64. The molecule has 1 saturated carbocycles. The molecule has 1 spiro atoms. The molecular weight excluding hydrogens is 387 g/mol. The van der Waals surface area contributed by atoms with Gasteiger partial charge in [0.2, 0.25) is 0 Å². The number of rotatable bonds is 5. The summed E-state index contributed by atoms with van der Waals surface area (Å²) in [5.41, 5.74) is 1.49. The van der Waals surface area contributed by atoms with Gasteiger partial charge in [-0.15, -0.1) is 0 Å². The van der Waals surface area contributed by atoms with E-state index in [1.807, 2.05) is 0 Å². The van der Waals surface area contributed by atoms with Crippen molar-refractivity contribution in [1.29, 1.82) is 0 Å². The molecule has 1 heterocycles. The molecule has 2 aliphatic rings. The van der Waals surface area contributed by atoms with Gasteiger partial charge in [-0.2, -0.15) is 0 Å². The quantitative estimate of drug-likeness (QED) is 0.417. The summed E-state index contributed by atoms with van der Waals surface area (Å²) in [6.07, 6.45) is 7.01. The molecule has 0 N–H and O–H groups in total. The molecule has 0 amide bonds. The molecule has 154 valence electrons. The SMILES string of the molecule is c1ccc(P(c2ccccc2)c2ccc(CC3CCC4(CCOO4)CC3)cc2)cc1. The zero-order chi connectivity index (χ0) is 20.2. The summed E-state index contributed by atoms with van der Waals surface area (Å²) in [6, 6.07) is 31.3. The maximum atomic E-state index is 5.61. The van der Waals surface area contributed by atoms with Crippen LogP contribution in [0.25, 0.3) is 0 Å². The lowest BCUT2D eigenvalue weighted by molar-refractivity contribution is -0.315. The predicted octanol–water partition coefficient (Wildman–Crippen LogP) is 5.27. The molecular formula is C27H29O2P. The van der Waals surface area contributed by atoms with Gasteiger partial charge in [-0.3, -0.25) is 0 Å². The highest BCUT2D eigenvalue weighted by atomic mass is 31.1. The van der Waals surface area contributed by atoms with Crippen molar-refractivity contribution >= 4 is 23.8 Å². The van der Waals surface area contributed by atoms with Crippen LogP contribution >= 0.6 is 7.92 Å². The van der Waals surface area contributed by atoms with E-state index in [-0.39, 0.29) is 5.60 Å². The van der Waals surface area contributed by atoms with E-state index in [0.717, 1.165) is 31.8 Å². The highest BCUT2D eigenvalue weighted by Gasteiger charge is 2.40. The van der Waals surface area contributed by atoms with E-state index in [1.165, 1.54) is 40.7 Å². The predicted molar refractivity (Wildman–Crippen MR) is 125 cm³/mol. The summed E-state index contributed by atoms with van der Waals surface area (Å²) < 4.78 is 0. The van der Waals surface area contributed by atoms with E-state index >= 15 is 0 Å². The second-order valence-corrected chi connectivity index (χ2v) is 10.9. The van der Waals surface area contributed by atoms with Crippen molar-refractivity contribution in [2.75, 3.05) is 6.61 Å². The molecule has 3 heteroatoms. The molecule has 0 bridgehead atoms. The van der Waals surface area contributed by atoms with Gasteiger partial charge in [0.25, 0.3) is 0 Å². The van der Waals surface area contributed by atoms with E-state index in [9.17, 15) is 0 Å². The first kappa shape index (κ1) is 19.9. The van der Waals surface area contributed by atoms with E-state index in [4.69, 9.17) is 9.78 Å². The van der Waals surface area contributed by atoms with Gasteiger partial charge < -0.3 is 0 Å². The molecule has 5 rings (SSSR count). The molecule has 1 aliphatic heterocycles. The largest absolute Gasteiger partial charge is 0.236 e. The van der Waals surface area contributed by atoms with Crippen LogP contribution in [0.4, 0.5) is 0 Å². The van der Waals surface area contributed by atoms with Gasteiger partial charge in [0.1, 0.15) is 5.60 Å². The first-order chi connectivity index (χ1) is 14.8. The standard InChI is InChI=1S/C27H29O2P/c1-3-7-24(8-4-1)30(25-9-5-2-6-10-25)26-13-11-22(12-14-26)21-23-15-17-27(18-16-23)19-20-28-29-27/h1-14,23H,15-21H2. The minimum Gasteiger partial charge on any atom is -0.236 e. The van der Waals surface area contributed by atoms with Crippen molar-refractivity contribution < 1.29 is 9.78 Å². The van der Waals surface area contributed by atoms with Crippen molar-refractivity contribution in [2.45, 2.75) is 44.1 Å². The highest BCUT2D eigenvalue weighted by molar-refractivity contribution is 7.79. The zero-order valence-corrected chi connectivity index (χ0v) is 18.3. The van der Waals surface area contributed by atoms with Crippen molar-refractivity contribution in [3.05, 3.63) is 90.5 Å². The lowest BCUT2D eigenvalue weighted by Crippen LogP contribution is -2.33. The smallest absolute Gasteiger partial charge is 0.106 e. The molecule has 3 aromatic rings. The normalized spacial score (nSPS) is 23.8. The molecule has 0 radical (unpaired) electrons. The third kappa shape index (κ3) is 4.37. The average molecular weight is 417 g/mol. The van der Waals surface area contributed by atoms with Crippen molar-refractivity contribution in [2.24, 2.45) is 5.92 Å². The first-order valence-electron chi connectivity index (χ1n) is 11.1. The topological polar surface area (TPSA) is 18.5 Å². The van der Waals surface area contributed by atoms with E-state index in [2.05, 4.69) is 84.9 Å². The molecule has 0 unspecified atom stereocenters.